The van der Waals surface area contributed by atoms with E-state index in [1.807, 2.05) is 30.8 Å². The predicted molar refractivity (Wildman–Crippen MR) is 71.4 cm³/mol. The maximum Gasteiger partial charge on any atom is 0.152 e. The molecule has 0 saturated carbocycles. The molecule has 2 aromatic rings. The minimum Gasteiger partial charge on any atom is -0.397 e. The molecule has 0 fully saturated rings. The number of nitrogens with two attached hydrogens (primary N) is 1. The molecule has 1 heterocycles. The molecular formula is C13H17FN4. The van der Waals surface area contributed by atoms with Crippen LogP contribution in [0.3, 0.4) is 0 Å². The second kappa shape index (κ2) is 4.68. The van der Waals surface area contributed by atoms with Gasteiger partial charge >= 0.3 is 0 Å². The number of hydrogen-bond acceptors (Lipinski definition) is 3. The van der Waals surface area contributed by atoms with Gasteiger partial charge in [0.2, 0.25) is 0 Å². The quantitative estimate of drug-likeness (QED) is 0.820. The molecule has 0 bridgehead atoms. The lowest BCUT2D eigenvalue weighted by molar-refractivity contribution is 0.534. The minimum absolute atomic E-state index is 0.299. The van der Waals surface area contributed by atoms with Crippen LogP contribution < -0.4 is 11.1 Å². The van der Waals surface area contributed by atoms with E-state index in [9.17, 15) is 4.39 Å². The summed E-state index contributed by atoms with van der Waals surface area (Å²) >= 11 is 0. The van der Waals surface area contributed by atoms with Crippen LogP contribution in [0.25, 0.3) is 0 Å². The van der Waals surface area contributed by atoms with E-state index in [4.69, 9.17) is 5.73 Å². The van der Waals surface area contributed by atoms with E-state index in [1.54, 1.807) is 13.0 Å². The molecule has 0 unspecified atom stereocenters. The fourth-order valence-corrected chi connectivity index (χ4v) is 1.64. The van der Waals surface area contributed by atoms with Crippen LogP contribution in [0.2, 0.25) is 0 Å². The van der Waals surface area contributed by atoms with Gasteiger partial charge in [0, 0.05) is 18.3 Å². The fraction of sp³-hybridized carbons (Fsp3) is 0.308. The van der Waals surface area contributed by atoms with Gasteiger partial charge in [-0.1, -0.05) is 0 Å². The number of aryl methyl sites for hydroxylation is 1. The topological polar surface area (TPSA) is 55.9 Å². The lowest BCUT2D eigenvalue weighted by Crippen LogP contribution is -2.03. The van der Waals surface area contributed by atoms with Crippen molar-refractivity contribution in [3.05, 3.63) is 35.8 Å². The van der Waals surface area contributed by atoms with Crippen molar-refractivity contribution in [2.45, 2.75) is 26.8 Å². The Bertz CT molecular complexity index is 560. The van der Waals surface area contributed by atoms with Crippen LogP contribution in [0, 0.1) is 12.7 Å². The Kier molecular flexibility index (Phi) is 3.23. The normalized spacial score (nSPS) is 10.9. The molecule has 0 aliphatic carbocycles. The Morgan fingerprint density at radius 3 is 2.72 bits per heavy atom. The minimum atomic E-state index is -0.300. The zero-order chi connectivity index (χ0) is 13.3. The summed E-state index contributed by atoms with van der Waals surface area (Å²) in [5, 5.41) is 7.45. The Morgan fingerprint density at radius 2 is 2.11 bits per heavy atom. The molecule has 4 nitrogen and oxygen atoms in total. The first-order valence-corrected chi connectivity index (χ1v) is 5.85. The predicted octanol–water partition coefficient (Wildman–Crippen LogP) is 3.24. The van der Waals surface area contributed by atoms with Gasteiger partial charge in [-0.3, -0.25) is 4.68 Å². The highest BCUT2D eigenvalue weighted by molar-refractivity contribution is 5.72. The van der Waals surface area contributed by atoms with Crippen LogP contribution in [0.15, 0.2) is 24.4 Å². The summed E-state index contributed by atoms with van der Waals surface area (Å²) < 4.78 is 15.1. The first-order chi connectivity index (χ1) is 8.47. The Labute approximate surface area is 106 Å². The maximum absolute atomic E-state index is 13.3. The van der Waals surface area contributed by atoms with Gasteiger partial charge in [-0.2, -0.15) is 5.10 Å². The molecule has 18 heavy (non-hydrogen) atoms. The summed E-state index contributed by atoms with van der Waals surface area (Å²) in [7, 11) is 0. The summed E-state index contributed by atoms with van der Waals surface area (Å²) in [4.78, 5) is 0. The van der Waals surface area contributed by atoms with E-state index in [1.165, 1.54) is 6.07 Å². The lowest BCUT2D eigenvalue weighted by Gasteiger charge is -2.09. The standard InChI is InChI=1S/C13H17FN4/c1-8(2)18-5-4-13(17-18)16-12-6-9(3)10(14)7-11(12)15/h4-8H,15H2,1-3H3,(H,16,17). The molecule has 0 aliphatic heterocycles. The monoisotopic (exact) mass is 248 g/mol. The van der Waals surface area contributed by atoms with Gasteiger partial charge < -0.3 is 11.1 Å². The zero-order valence-electron chi connectivity index (χ0n) is 10.7. The lowest BCUT2D eigenvalue weighted by atomic mass is 10.2. The average molecular weight is 248 g/mol. The van der Waals surface area contributed by atoms with Crippen molar-refractivity contribution >= 4 is 17.2 Å². The summed E-state index contributed by atoms with van der Waals surface area (Å²) in [6.07, 6.45) is 1.89. The fourth-order valence-electron chi connectivity index (χ4n) is 1.64. The molecule has 1 aromatic carbocycles. The smallest absolute Gasteiger partial charge is 0.152 e. The van der Waals surface area contributed by atoms with Crippen molar-refractivity contribution in [1.29, 1.82) is 0 Å². The Balaban J connectivity index is 2.25. The van der Waals surface area contributed by atoms with Crippen LogP contribution in [0.5, 0.6) is 0 Å². The molecule has 2 rings (SSSR count). The van der Waals surface area contributed by atoms with E-state index in [0.29, 0.717) is 28.8 Å². The van der Waals surface area contributed by atoms with Gasteiger partial charge in [-0.25, -0.2) is 4.39 Å². The van der Waals surface area contributed by atoms with Crippen LogP contribution >= 0.6 is 0 Å². The molecule has 0 amide bonds. The van der Waals surface area contributed by atoms with Crippen LogP contribution in [-0.4, -0.2) is 9.78 Å². The third kappa shape index (κ3) is 2.45. The van der Waals surface area contributed by atoms with E-state index in [0.717, 1.165) is 0 Å². The van der Waals surface area contributed by atoms with Crippen molar-refractivity contribution in [1.82, 2.24) is 9.78 Å². The van der Waals surface area contributed by atoms with Crippen molar-refractivity contribution in [2.75, 3.05) is 11.1 Å². The number of nitrogen functional groups attached to an aromatic ring is 1. The highest BCUT2D eigenvalue weighted by Crippen LogP contribution is 2.25. The molecule has 96 valence electrons. The summed E-state index contributed by atoms with van der Waals surface area (Å²) in [5.41, 5.74) is 7.36. The number of nitrogens with zero attached hydrogens (tertiary/aromatic N) is 2. The number of hydrogen-bond donors (Lipinski definition) is 2. The molecule has 5 heteroatoms. The molecule has 0 saturated heterocycles. The second-order valence-electron chi connectivity index (χ2n) is 4.59. The molecule has 0 atom stereocenters. The molecule has 0 spiro atoms. The number of halogens is 1. The number of rotatable bonds is 3. The largest absolute Gasteiger partial charge is 0.397 e. The highest BCUT2D eigenvalue weighted by Gasteiger charge is 2.07. The molecular weight excluding hydrogens is 231 g/mol. The van der Waals surface area contributed by atoms with E-state index < -0.39 is 0 Å². The second-order valence-corrected chi connectivity index (χ2v) is 4.59. The van der Waals surface area contributed by atoms with Gasteiger partial charge in [0.1, 0.15) is 5.82 Å². The Hall–Kier alpha value is -2.04. The average Bonchev–Trinajstić information content (AvgIpc) is 2.74. The number of aromatic nitrogens is 2. The first-order valence-electron chi connectivity index (χ1n) is 5.85. The molecule has 0 aliphatic rings. The molecule has 1 aromatic heterocycles. The van der Waals surface area contributed by atoms with Crippen LogP contribution in [-0.2, 0) is 0 Å². The van der Waals surface area contributed by atoms with Gasteiger partial charge in [0.15, 0.2) is 5.82 Å². The van der Waals surface area contributed by atoms with Crippen molar-refractivity contribution in [3.8, 4) is 0 Å². The van der Waals surface area contributed by atoms with E-state index in [-0.39, 0.29) is 5.82 Å². The van der Waals surface area contributed by atoms with Crippen molar-refractivity contribution < 1.29 is 4.39 Å². The zero-order valence-corrected chi connectivity index (χ0v) is 10.7. The van der Waals surface area contributed by atoms with Crippen molar-refractivity contribution in [2.24, 2.45) is 0 Å². The van der Waals surface area contributed by atoms with E-state index >= 15 is 0 Å². The van der Waals surface area contributed by atoms with Gasteiger partial charge in [0.25, 0.3) is 0 Å². The Morgan fingerprint density at radius 1 is 1.39 bits per heavy atom. The van der Waals surface area contributed by atoms with E-state index in [2.05, 4.69) is 10.4 Å². The maximum atomic E-state index is 13.3. The third-order valence-electron chi connectivity index (χ3n) is 2.73. The summed E-state index contributed by atoms with van der Waals surface area (Å²) in [5.74, 6) is 0.396. The van der Waals surface area contributed by atoms with Crippen molar-refractivity contribution in [3.63, 3.8) is 0 Å². The van der Waals surface area contributed by atoms with Gasteiger partial charge in [0.05, 0.1) is 11.4 Å². The summed E-state index contributed by atoms with van der Waals surface area (Å²) in [6, 6.07) is 5.15. The number of benzene rings is 1. The SMILES string of the molecule is Cc1cc(Nc2ccn(C(C)C)n2)c(N)cc1F. The highest BCUT2D eigenvalue weighted by atomic mass is 19.1. The van der Waals surface area contributed by atoms with Gasteiger partial charge in [-0.15, -0.1) is 0 Å². The number of nitrogens with one attached hydrogen (secondary N) is 1. The van der Waals surface area contributed by atoms with Crippen LogP contribution in [0.1, 0.15) is 25.5 Å². The molecule has 3 N–H and O–H groups in total. The third-order valence-corrected chi connectivity index (χ3v) is 2.73. The first kappa shape index (κ1) is 12.4. The summed E-state index contributed by atoms with van der Waals surface area (Å²) in [6.45, 7) is 5.80. The number of anilines is 3. The van der Waals surface area contributed by atoms with Crippen LogP contribution in [0.4, 0.5) is 21.6 Å². The van der Waals surface area contributed by atoms with Gasteiger partial charge in [-0.05, 0) is 38.5 Å². The molecule has 0 radical (unpaired) electrons.